The molecule has 3 N–H and O–H groups in total. The van der Waals surface area contributed by atoms with Crippen molar-refractivity contribution in [2.45, 2.75) is 39.2 Å². The molecule has 0 heterocycles. The first-order valence-electron chi connectivity index (χ1n) is 8.15. The van der Waals surface area contributed by atoms with Crippen LogP contribution in [0, 0.1) is 0 Å². The minimum atomic E-state index is -0.721. The SMILES string of the molecule is CC(Oc1ccc(C(C)(C)C)cc1)C(=O)Nc1ccccc1C(N)=O. The third-order valence-electron chi connectivity index (χ3n) is 3.85. The molecule has 0 aliphatic carbocycles. The molecule has 0 aromatic heterocycles. The summed E-state index contributed by atoms with van der Waals surface area (Å²) in [6.07, 6.45) is -0.721. The Morgan fingerprint density at radius 2 is 1.64 bits per heavy atom. The van der Waals surface area contributed by atoms with Crippen molar-refractivity contribution < 1.29 is 14.3 Å². The zero-order valence-corrected chi connectivity index (χ0v) is 15.0. The molecule has 2 aromatic carbocycles. The number of amides is 2. The highest BCUT2D eigenvalue weighted by molar-refractivity contribution is 6.03. The molecule has 1 unspecified atom stereocenters. The number of hydrogen-bond donors (Lipinski definition) is 2. The second-order valence-electron chi connectivity index (χ2n) is 6.93. The summed E-state index contributed by atoms with van der Waals surface area (Å²) in [7, 11) is 0. The van der Waals surface area contributed by atoms with E-state index in [1.165, 1.54) is 5.56 Å². The normalized spacial score (nSPS) is 12.3. The lowest BCUT2D eigenvalue weighted by atomic mass is 9.87. The Morgan fingerprint density at radius 3 is 2.20 bits per heavy atom. The summed E-state index contributed by atoms with van der Waals surface area (Å²) in [5.74, 6) is -0.338. The van der Waals surface area contributed by atoms with Crippen LogP contribution in [0.5, 0.6) is 5.75 Å². The van der Waals surface area contributed by atoms with Gasteiger partial charge in [-0.2, -0.15) is 0 Å². The molecule has 0 saturated carbocycles. The maximum absolute atomic E-state index is 12.3. The molecule has 2 rings (SSSR count). The highest BCUT2D eigenvalue weighted by Gasteiger charge is 2.18. The van der Waals surface area contributed by atoms with Crippen molar-refractivity contribution in [2.75, 3.05) is 5.32 Å². The number of ether oxygens (including phenoxy) is 1. The second-order valence-corrected chi connectivity index (χ2v) is 6.93. The molecule has 2 aromatic rings. The number of nitrogens with one attached hydrogen (secondary N) is 1. The zero-order chi connectivity index (χ0) is 18.6. The van der Waals surface area contributed by atoms with Crippen LogP contribution in [0.1, 0.15) is 43.6 Å². The Bertz CT molecular complexity index is 761. The molecular formula is C20H24N2O3. The van der Waals surface area contributed by atoms with E-state index in [1.807, 2.05) is 24.3 Å². The Labute approximate surface area is 148 Å². The molecule has 25 heavy (non-hydrogen) atoms. The molecule has 0 saturated heterocycles. The van der Waals surface area contributed by atoms with Crippen molar-refractivity contribution in [3.8, 4) is 5.75 Å². The molecule has 5 nitrogen and oxygen atoms in total. The van der Waals surface area contributed by atoms with Crippen LogP contribution in [-0.2, 0) is 10.2 Å². The summed E-state index contributed by atoms with van der Waals surface area (Å²) < 4.78 is 5.69. The van der Waals surface area contributed by atoms with Crippen LogP contribution in [0.3, 0.4) is 0 Å². The Kier molecular flexibility index (Phi) is 5.47. The van der Waals surface area contributed by atoms with Gasteiger partial charge in [0.1, 0.15) is 5.75 Å². The summed E-state index contributed by atoms with van der Waals surface area (Å²) in [6.45, 7) is 8.05. The van der Waals surface area contributed by atoms with Gasteiger partial charge in [0.05, 0.1) is 11.3 Å². The number of anilines is 1. The van der Waals surface area contributed by atoms with Gasteiger partial charge in [-0.15, -0.1) is 0 Å². The zero-order valence-electron chi connectivity index (χ0n) is 15.0. The standard InChI is InChI=1S/C20H24N2O3/c1-13(25-15-11-9-14(10-12-15)20(2,3)4)19(24)22-17-8-6-5-7-16(17)18(21)23/h5-13H,1-4H3,(H2,21,23)(H,22,24). The van der Waals surface area contributed by atoms with E-state index in [4.69, 9.17) is 10.5 Å². The van der Waals surface area contributed by atoms with Crippen LogP contribution in [0.15, 0.2) is 48.5 Å². The van der Waals surface area contributed by atoms with Crippen molar-refractivity contribution in [1.29, 1.82) is 0 Å². The predicted octanol–water partition coefficient (Wildman–Crippen LogP) is 3.49. The van der Waals surface area contributed by atoms with Crippen LogP contribution in [0.2, 0.25) is 0 Å². The summed E-state index contributed by atoms with van der Waals surface area (Å²) in [4.78, 5) is 23.7. The molecule has 2 amide bonds. The van der Waals surface area contributed by atoms with Crippen LogP contribution >= 0.6 is 0 Å². The van der Waals surface area contributed by atoms with Gasteiger partial charge in [-0.25, -0.2) is 0 Å². The smallest absolute Gasteiger partial charge is 0.265 e. The number of hydrogen-bond acceptors (Lipinski definition) is 3. The molecule has 0 radical (unpaired) electrons. The fourth-order valence-electron chi connectivity index (χ4n) is 2.33. The van der Waals surface area contributed by atoms with Crippen molar-refractivity contribution >= 4 is 17.5 Å². The minimum Gasteiger partial charge on any atom is -0.481 e. The highest BCUT2D eigenvalue weighted by Crippen LogP contribution is 2.25. The van der Waals surface area contributed by atoms with Gasteiger partial charge in [0.25, 0.3) is 11.8 Å². The monoisotopic (exact) mass is 340 g/mol. The number of primary amides is 1. The summed E-state index contributed by atoms with van der Waals surface area (Å²) in [6, 6.07) is 14.3. The lowest BCUT2D eigenvalue weighted by Crippen LogP contribution is -2.31. The van der Waals surface area contributed by atoms with Crippen molar-refractivity contribution in [2.24, 2.45) is 5.73 Å². The number of para-hydroxylation sites is 1. The molecule has 0 fully saturated rings. The van der Waals surface area contributed by atoms with Gasteiger partial charge in [0.2, 0.25) is 0 Å². The quantitative estimate of drug-likeness (QED) is 0.874. The Balaban J connectivity index is 2.05. The van der Waals surface area contributed by atoms with Gasteiger partial charge in [0.15, 0.2) is 6.10 Å². The summed E-state index contributed by atoms with van der Waals surface area (Å²) in [5, 5.41) is 2.68. The summed E-state index contributed by atoms with van der Waals surface area (Å²) >= 11 is 0. The largest absolute Gasteiger partial charge is 0.481 e. The van der Waals surface area contributed by atoms with E-state index in [0.717, 1.165) is 0 Å². The van der Waals surface area contributed by atoms with E-state index in [2.05, 4.69) is 26.1 Å². The lowest BCUT2D eigenvalue weighted by molar-refractivity contribution is -0.122. The summed E-state index contributed by atoms with van der Waals surface area (Å²) in [5.41, 5.74) is 7.20. The van der Waals surface area contributed by atoms with Gasteiger partial charge in [-0.05, 0) is 42.2 Å². The highest BCUT2D eigenvalue weighted by atomic mass is 16.5. The van der Waals surface area contributed by atoms with Gasteiger partial charge < -0.3 is 15.8 Å². The molecular weight excluding hydrogens is 316 g/mol. The number of rotatable bonds is 5. The predicted molar refractivity (Wildman–Crippen MR) is 98.8 cm³/mol. The molecule has 0 bridgehead atoms. The number of carbonyl (C=O) groups excluding carboxylic acids is 2. The fraction of sp³-hybridized carbons (Fsp3) is 0.300. The van der Waals surface area contributed by atoms with E-state index in [1.54, 1.807) is 31.2 Å². The van der Waals surface area contributed by atoms with Gasteiger partial charge in [-0.1, -0.05) is 45.0 Å². The molecule has 5 heteroatoms. The van der Waals surface area contributed by atoms with Crippen LogP contribution in [0.25, 0.3) is 0 Å². The maximum atomic E-state index is 12.3. The Morgan fingerprint density at radius 1 is 1.04 bits per heavy atom. The van der Waals surface area contributed by atoms with Gasteiger partial charge in [-0.3, -0.25) is 9.59 Å². The number of carbonyl (C=O) groups is 2. The second kappa shape index (κ2) is 7.38. The van der Waals surface area contributed by atoms with E-state index < -0.39 is 12.0 Å². The number of nitrogens with two attached hydrogens (primary N) is 1. The van der Waals surface area contributed by atoms with Crippen LogP contribution < -0.4 is 15.8 Å². The maximum Gasteiger partial charge on any atom is 0.265 e. The van der Waals surface area contributed by atoms with E-state index in [0.29, 0.717) is 11.4 Å². The first-order valence-corrected chi connectivity index (χ1v) is 8.15. The van der Waals surface area contributed by atoms with Crippen molar-refractivity contribution in [1.82, 2.24) is 0 Å². The van der Waals surface area contributed by atoms with Crippen LogP contribution in [-0.4, -0.2) is 17.9 Å². The van der Waals surface area contributed by atoms with Crippen molar-refractivity contribution in [3.63, 3.8) is 0 Å². The molecule has 0 spiro atoms. The first-order chi connectivity index (χ1) is 11.7. The molecule has 1 atom stereocenters. The topological polar surface area (TPSA) is 81.4 Å². The average Bonchev–Trinajstić information content (AvgIpc) is 2.54. The van der Waals surface area contributed by atoms with E-state index in [-0.39, 0.29) is 16.9 Å². The third kappa shape index (κ3) is 4.83. The third-order valence-corrected chi connectivity index (χ3v) is 3.85. The van der Waals surface area contributed by atoms with Gasteiger partial charge >= 0.3 is 0 Å². The van der Waals surface area contributed by atoms with Crippen LogP contribution in [0.4, 0.5) is 5.69 Å². The first kappa shape index (κ1) is 18.5. The van der Waals surface area contributed by atoms with Crippen molar-refractivity contribution in [3.05, 3.63) is 59.7 Å². The van der Waals surface area contributed by atoms with E-state index in [9.17, 15) is 9.59 Å². The Hall–Kier alpha value is -2.82. The lowest BCUT2D eigenvalue weighted by Gasteiger charge is -2.20. The molecule has 132 valence electrons. The minimum absolute atomic E-state index is 0.0555. The fourth-order valence-corrected chi connectivity index (χ4v) is 2.33. The molecule has 0 aliphatic rings. The van der Waals surface area contributed by atoms with Gasteiger partial charge in [0, 0.05) is 0 Å². The molecule has 0 aliphatic heterocycles. The van der Waals surface area contributed by atoms with E-state index >= 15 is 0 Å². The average molecular weight is 340 g/mol. The number of benzene rings is 2.